The fourth-order valence-electron chi connectivity index (χ4n) is 2.40. The lowest BCUT2D eigenvalue weighted by atomic mass is 9.78. The van der Waals surface area contributed by atoms with Gasteiger partial charge in [-0.1, -0.05) is 26.7 Å². The Morgan fingerprint density at radius 1 is 1.21 bits per heavy atom. The van der Waals surface area contributed by atoms with E-state index in [4.69, 9.17) is 5.73 Å². The predicted molar refractivity (Wildman–Crippen MR) is 76.3 cm³/mol. The van der Waals surface area contributed by atoms with Gasteiger partial charge in [-0.3, -0.25) is 4.79 Å². The van der Waals surface area contributed by atoms with Crippen molar-refractivity contribution in [3.8, 4) is 0 Å². The van der Waals surface area contributed by atoms with Crippen LogP contribution >= 0.6 is 0 Å². The van der Waals surface area contributed by atoms with Crippen molar-refractivity contribution in [1.82, 2.24) is 0 Å². The van der Waals surface area contributed by atoms with Crippen LogP contribution in [0.4, 0.5) is 10.1 Å². The monoisotopic (exact) mass is 266 g/mol. The van der Waals surface area contributed by atoms with Gasteiger partial charge < -0.3 is 11.1 Å². The molecule has 0 spiro atoms. The van der Waals surface area contributed by atoms with Gasteiger partial charge in [-0.2, -0.15) is 0 Å². The summed E-state index contributed by atoms with van der Waals surface area (Å²) in [5.74, 6) is -0.379. The summed E-state index contributed by atoms with van der Waals surface area (Å²) in [5.41, 5.74) is 5.93. The Balaban J connectivity index is 2.84. The van der Waals surface area contributed by atoms with Gasteiger partial charge >= 0.3 is 0 Å². The highest BCUT2D eigenvalue weighted by Gasteiger charge is 2.35. The molecule has 0 radical (unpaired) electrons. The molecular formula is C15H23FN2O. The van der Waals surface area contributed by atoms with Crippen molar-refractivity contribution >= 4 is 11.6 Å². The van der Waals surface area contributed by atoms with E-state index >= 15 is 0 Å². The zero-order valence-electron chi connectivity index (χ0n) is 11.7. The summed E-state index contributed by atoms with van der Waals surface area (Å²) in [6, 6.07) is 5.79. The minimum atomic E-state index is -0.516. The highest BCUT2D eigenvalue weighted by atomic mass is 19.1. The van der Waals surface area contributed by atoms with Crippen molar-refractivity contribution in [2.75, 3.05) is 11.9 Å². The fourth-order valence-corrected chi connectivity index (χ4v) is 2.40. The van der Waals surface area contributed by atoms with E-state index in [2.05, 4.69) is 5.32 Å². The maximum atomic E-state index is 12.8. The molecule has 0 aromatic heterocycles. The zero-order valence-corrected chi connectivity index (χ0v) is 11.7. The summed E-state index contributed by atoms with van der Waals surface area (Å²) < 4.78 is 12.8. The minimum Gasteiger partial charge on any atom is -0.329 e. The quantitative estimate of drug-likeness (QED) is 0.795. The lowest BCUT2D eigenvalue weighted by Crippen LogP contribution is -2.42. The Hall–Kier alpha value is -1.42. The van der Waals surface area contributed by atoms with Crippen LogP contribution < -0.4 is 11.1 Å². The first-order valence-electron chi connectivity index (χ1n) is 6.85. The van der Waals surface area contributed by atoms with Crippen LogP contribution in [-0.4, -0.2) is 12.5 Å². The summed E-state index contributed by atoms with van der Waals surface area (Å²) >= 11 is 0. The van der Waals surface area contributed by atoms with Gasteiger partial charge in [0.25, 0.3) is 0 Å². The first-order chi connectivity index (χ1) is 9.07. The van der Waals surface area contributed by atoms with Crippen LogP contribution in [0, 0.1) is 11.2 Å². The fraction of sp³-hybridized carbons (Fsp3) is 0.533. The highest BCUT2D eigenvalue weighted by molar-refractivity contribution is 5.95. The number of anilines is 1. The molecule has 0 aliphatic rings. The molecule has 4 heteroatoms. The Kier molecular flexibility index (Phi) is 5.96. The normalized spacial score (nSPS) is 11.4. The third-order valence-corrected chi connectivity index (χ3v) is 3.43. The third kappa shape index (κ3) is 4.03. The first-order valence-corrected chi connectivity index (χ1v) is 6.85. The molecule has 1 amide bonds. The number of hydrogen-bond donors (Lipinski definition) is 2. The van der Waals surface area contributed by atoms with Gasteiger partial charge in [0.05, 0.1) is 5.41 Å². The van der Waals surface area contributed by atoms with Crippen LogP contribution in [0.25, 0.3) is 0 Å². The summed E-state index contributed by atoms with van der Waals surface area (Å²) in [6.45, 7) is 4.43. The zero-order chi connectivity index (χ0) is 14.3. The number of benzene rings is 1. The van der Waals surface area contributed by atoms with Crippen LogP contribution in [0.3, 0.4) is 0 Å². The maximum absolute atomic E-state index is 12.8. The third-order valence-electron chi connectivity index (χ3n) is 3.43. The van der Waals surface area contributed by atoms with Gasteiger partial charge in [-0.15, -0.1) is 0 Å². The van der Waals surface area contributed by atoms with Crippen LogP contribution in [0.5, 0.6) is 0 Å². The van der Waals surface area contributed by atoms with Gasteiger partial charge in [0.1, 0.15) is 5.82 Å². The Labute approximate surface area is 114 Å². The van der Waals surface area contributed by atoms with Gasteiger partial charge in [-0.25, -0.2) is 4.39 Å². The molecule has 1 rings (SSSR count). The molecule has 0 aliphatic heterocycles. The van der Waals surface area contributed by atoms with Gasteiger partial charge in [0, 0.05) is 12.2 Å². The smallest absolute Gasteiger partial charge is 0.231 e. The van der Waals surface area contributed by atoms with Crippen LogP contribution in [0.1, 0.15) is 39.5 Å². The van der Waals surface area contributed by atoms with Gasteiger partial charge in [0.15, 0.2) is 0 Å². The molecule has 1 aromatic carbocycles. The first kappa shape index (κ1) is 15.6. The summed E-state index contributed by atoms with van der Waals surface area (Å²) in [6.07, 6.45) is 3.36. The minimum absolute atomic E-state index is 0.0645. The molecule has 3 nitrogen and oxygen atoms in total. The van der Waals surface area contributed by atoms with Gasteiger partial charge in [-0.05, 0) is 37.1 Å². The second-order valence-electron chi connectivity index (χ2n) is 4.95. The lowest BCUT2D eigenvalue weighted by Gasteiger charge is -2.30. The largest absolute Gasteiger partial charge is 0.329 e. The average Bonchev–Trinajstić information content (AvgIpc) is 2.41. The molecule has 1 aromatic rings. The standard InChI is InChI=1S/C15H23FN2O/c1-3-9-15(11-17,10-4-2)14(19)18-13-7-5-12(16)6-8-13/h5-8H,3-4,9-11,17H2,1-2H3,(H,18,19). The molecular weight excluding hydrogens is 243 g/mol. The molecule has 0 unspecified atom stereocenters. The molecule has 0 aliphatic carbocycles. The number of carbonyl (C=O) groups excluding carboxylic acids is 1. The summed E-state index contributed by atoms with van der Waals surface area (Å²) in [5, 5.41) is 2.84. The van der Waals surface area contributed by atoms with E-state index in [0.29, 0.717) is 12.2 Å². The molecule has 0 saturated heterocycles. The van der Waals surface area contributed by atoms with E-state index < -0.39 is 5.41 Å². The van der Waals surface area contributed by atoms with E-state index in [1.807, 2.05) is 13.8 Å². The van der Waals surface area contributed by atoms with E-state index in [1.54, 1.807) is 12.1 Å². The molecule has 0 bridgehead atoms. The number of rotatable bonds is 7. The van der Waals surface area contributed by atoms with Crippen LogP contribution in [0.2, 0.25) is 0 Å². The maximum Gasteiger partial charge on any atom is 0.231 e. The SMILES string of the molecule is CCCC(CN)(CCC)C(=O)Nc1ccc(F)cc1. The molecule has 19 heavy (non-hydrogen) atoms. The number of halogens is 1. The molecule has 0 fully saturated rings. The number of amides is 1. The Bertz CT molecular complexity index is 397. The van der Waals surface area contributed by atoms with Gasteiger partial charge in [0.2, 0.25) is 5.91 Å². The Morgan fingerprint density at radius 2 is 1.74 bits per heavy atom. The number of nitrogens with two attached hydrogens (primary N) is 1. The van der Waals surface area contributed by atoms with E-state index in [1.165, 1.54) is 12.1 Å². The van der Waals surface area contributed by atoms with Crippen molar-refractivity contribution in [2.24, 2.45) is 11.1 Å². The number of hydrogen-bond acceptors (Lipinski definition) is 2. The summed E-state index contributed by atoms with van der Waals surface area (Å²) in [4.78, 5) is 12.4. The number of carbonyl (C=O) groups is 1. The van der Waals surface area contributed by atoms with Crippen molar-refractivity contribution in [1.29, 1.82) is 0 Å². The van der Waals surface area contributed by atoms with E-state index in [-0.39, 0.29) is 11.7 Å². The topological polar surface area (TPSA) is 55.1 Å². The Morgan fingerprint density at radius 3 is 2.16 bits per heavy atom. The molecule has 0 atom stereocenters. The highest BCUT2D eigenvalue weighted by Crippen LogP contribution is 2.30. The van der Waals surface area contributed by atoms with Crippen LogP contribution in [-0.2, 0) is 4.79 Å². The van der Waals surface area contributed by atoms with E-state index in [0.717, 1.165) is 25.7 Å². The van der Waals surface area contributed by atoms with E-state index in [9.17, 15) is 9.18 Å². The van der Waals surface area contributed by atoms with Crippen molar-refractivity contribution in [3.05, 3.63) is 30.1 Å². The van der Waals surface area contributed by atoms with Crippen molar-refractivity contribution in [3.63, 3.8) is 0 Å². The molecule has 106 valence electrons. The van der Waals surface area contributed by atoms with Crippen molar-refractivity contribution < 1.29 is 9.18 Å². The second-order valence-corrected chi connectivity index (χ2v) is 4.95. The molecule has 0 saturated carbocycles. The van der Waals surface area contributed by atoms with Crippen LogP contribution in [0.15, 0.2) is 24.3 Å². The summed E-state index contributed by atoms with van der Waals surface area (Å²) in [7, 11) is 0. The average molecular weight is 266 g/mol. The predicted octanol–water partition coefficient (Wildman–Crippen LogP) is 3.31. The van der Waals surface area contributed by atoms with Crippen molar-refractivity contribution in [2.45, 2.75) is 39.5 Å². The lowest BCUT2D eigenvalue weighted by molar-refractivity contribution is -0.126. The molecule has 3 N–H and O–H groups in total. The number of nitrogens with one attached hydrogen (secondary N) is 1. The second kappa shape index (κ2) is 7.24. The molecule has 0 heterocycles.